The number of hydrogen-bond acceptors (Lipinski definition) is 3. The van der Waals surface area contributed by atoms with Crippen molar-refractivity contribution in [3.8, 4) is 16.8 Å². The lowest BCUT2D eigenvalue weighted by Gasteiger charge is -2.11. The van der Waals surface area contributed by atoms with Crippen LogP contribution in [0.3, 0.4) is 0 Å². The Kier molecular flexibility index (Phi) is 3.17. The van der Waals surface area contributed by atoms with Crippen molar-refractivity contribution in [3.63, 3.8) is 0 Å². The highest BCUT2D eigenvalue weighted by atomic mass is 19.1. The molecular formula is C17H13FN4O. The minimum Gasteiger partial charge on any atom is -0.388 e. The fraction of sp³-hybridized carbons (Fsp3) is 0.0588. The molecule has 23 heavy (non-hydrogen) atoms. The number of benzene rings is 2. The van der Waals surface area contributed by atoms with Gasteiger partial charge in [-0.05, 0) is 29.8 Å². The molecule has 2 heterocycles. The number of nitrogens with zero attached hydrogens (tertiary/aromatic N) is 3. The summed E-state index contributed by atoms with van der Waals surface area (Å²) < 4.78 is 15.1. The van der Waals surface area contributed by atoms with Gasteiger partial charge in [0.2, 0.25) is 0 Å². The first-order valence-electron chi connectivity index (χ1n) is 7.12. The van der Waals surface area contributed by atoms with E-state index in [0.29, 0.717) is 5.82 Å². The fourth-order valence-corrected chi connectivity index (χ4v) is 2.65. The highest BCUT2D eigenvalue weighted by molar-refractivity contribution is 5.87. The minimum absolute atomic E-state index is 0.152. The number of aliphatic hydroxyl groups is 1. The first-order valence-corrected chi connectivity index (χ1v) is 7.12. The maximum atomic E-state index is 13.2. The van der Waals surface area contributed by atoms with E-state index in [-0.39, 0.29) is 12.4 Å². The lowest BCUT2D eigenvalue weighted by atomic mass is 10.0. The number of aliphatic hydroxyl groups excluding tert-OH is 1. The normalized spacial score (nSPS) is 11.2. The molecule has 2 aromatic heterocycles. The van der Waals surface area contributed by atoms with E-state index in [9.17, 15) is 9.50 Å². The van der Waals surface area contributed by atoms with Gasteiger partial charge in [0, 0.05) is 18.0 Å². The van der Waals surface area contributed by atoms with E-state index in [4.69, 9.17) is 0 Å². The SMILES string of the molecule is OCc1nc2cc(-n3ccnc3)c(-c3ccc(F)cc3)cc2[nH]1. The predicted octanol–water partition coefficient (Wildman–Crippen LogP) is 3.05. The number of H-pyrrole nitrogens is 1. The van der Waals surface area contributed by atoms with E-state index < -0.39 is 0 Å². The highest BCUT2D eigenvalue weighted by Crippen LogP contribution is 2.30. The molecule has 0 fully saturated rings. The zero-order valence-electron chi connectivity index (χ0n) is 12.1. The summed E-state index contributed by atoms with van der Waals surface area (Å²) in [4.78, 5) is 11.5. The zero-order chi connectivity index (χ0) is 15.8. The highest BCUT2D eigenvalue weighted by Gasteiger charge is 2.12. The summed E-state index contributed by atoms with van der Waals surface area (Å²) in [7, 11) is 0. The smallest absolute Gasteiger partial charge is 0.133 e. The standard InChI is InChI=1S/C17H13FN4O/c18-12-3-1-11(2-4-12)13-7-14-15(21-17(9-23)20-14)8-16(13)22-6-5-19-10-22/h1-8,10,23H,9H2,(H,20,21). The molecule has 0 radical (unpaired) electrons. The molecule has 5 nitrogen and oxygen atoms in total. The second-order valence-electron chi connectivity index (χ2n) is 5.20. The molecule has 4 rings (SSSR count). The lowest BCUT2D eigenvalue weighted by Crippen LogP contribution is -1.95. The van der Waals surface area contributed by atoms with Crippen LogP contribution in [0.15, 0.2) is 55.1 Å². The minimum atomic E-state index is -0.275. The first kappa shape index (κ1) is 13.7. The van der Waals surface area contributed by atoms with Gasteiger partial charge in [-0.1, -0.05) is 12.1 Å². The fourth-order valence-electron chi connectivity index (χ4n) is 2.65. The van der Waals surface area contributed by atoms with E-state index in [0.717, 1.165) is 27.8 Å². The summed E-state index contributed by atoms with van der Waals surface area (Å²) >= 11 is 0. The number of nitrogens with one attached hydrogen (secondary N) is 1. The Labute approximate surface area is 131 Å². The van der Waals surface area contributed by atoms with E-state index in [1.54, 1.807) is 24.7 Å². The molecule has 0 aliphatic heterocycles. The Morgan fingerprint density at radius 1 is 1.17 bits per heavy atom. The Hall–Kier alpha value is -2.99. The number of hydrogen-bond donors (Lipinski definition) is 2. The lowest BCUT2D eigenvalue weighted by molar-refractivity contribution is 0.273. The molecule has 0 saturated carbocycles. The molecule has 2 N–H and O–H groups in total. The van der Waals surface area contributed by atoms with E-state index in [2.05, 4.69) is 15.0 Å². The molecule has 0 bridgehead atoms. The van der Waals surface area contributed by atoms with Gasteiger partial charge in [0.05, 0.1) is 23.0 Å². The third-order valence-corrected chi connectivity index (χ3v) is 3.74. The average molecular weight is 308 g/mol. The molecule has 6 heteroatoms. The summed E-state index contributed by atoms with van der Waals surface area (Å²) in [6.45, 7) is -0.152. The van der Waals surface area contributed by atoms with Gasteiger partial charge in [-0.3, -0.25) is 0 Å². The maximum absolute atomic E-state index is 13.2. The molecule has 0 saturated heterocycles. The quantitative estimate of drug-likeness (QED) is 0.611. The number of fused-ring (bicyclic) bond motifs is 1. The second kappa shape index (κ2) is 5.33. The molecule has 0 unspecified atom stereocenters. The topological polar surface area (TPSA) is 66.7 Å². The predicted molar refractivity (Wildman–Crippen MR) is 84.5 cm³/mol. The third-order valence-electron chi connectivity index (χ3n) is 3.74. The Balaban J connectivity index is 1.99. The monoisotopic (exact) mass is 308 g/mol. The number of halogens is 1. The Morgan fingerprint density at radius 3 is 2.70 bits per heavy atom. The second-order valence-corrected chi connectivity index (χ2v) is 5.20. The molecule has 114 valence electrons. The molecule has 4 aromatic rings. The summed E-state index contributed by atoms with van der Waals surface area (Å²) in [5, 5.41) is 9.26. The molecule has 0 amide bonds. The van der Waals surface area contributed by atoms with Gasteiger partial charge in [0.1, 0.15) is 18.2 Å². The number of imidazole rings is 2. The molecule has 0 atom stereocenters. The summed E-state index contributed by atoms with van der Waals surface area (Å²) in [5.41, 5.74) is 4.26. The average Bonchev–Trinajstić information content (AvgIpc) is 3.23. The van der Waals surface area contributed by atoms with E-state index >= 15 is 0 Å². The van der Waals surface area contributed by atoms with Crippen molar-refractivity contribution in [1.82, 2.24) is 19.5 Å². The summed E-state index contributed by atoms with van der Waals surface area (Å²) in [5.74, 6) is 0.232. The van der Waals surface area contributed by atoms with Crippen LogP contribution >= 0.6 is 0 Å². The van der Waals surface area contributed by atoms with Gasteiger partial charge in [-0.15, -0.1) is 0 Å². The van der Waals surface area contributed by atoms with Gasteiger partial charge in [0.15, 0.2) is 0 Å². The van der Waals surface area contributed by atoms with Crippen LogP contribution in [-0.4, -0.2) is 24.6 Å². The van der Waals surface area contributed by atoms with Crippen LogP contribution in [0.2, 0.25) is 0 Å². The van der Waals surface area contributed by atoms with Crippen LogP contribution in [0, 0.1) is 5.82 Å². The van der Waals surface area contributed by atoms with Gasteiger partial charge in [0.25, 0.3) is 0 Å². The molecule has 2 aromatic carbocycles. The number of rotatable bonds is 3. The van der Waals surface area contributed by atoms with E-state index in [1.807, 2.05) is 22.9 Å². The molecule has 0 aliphatic carbocycles. The summed E-state index contributed by atoms with van der Waals surface area (Å²) in [6, 6.07) is 10.2. The van der Waals surface area contributed by atoms with Crippen LogP contribution < -0.4 is 0 Å². The van der Waals surface area contributed by atoms with Crippen LogP contribution in [-0.2, 0) is 6.61 Å². The Bertz CT molecular complexity index is 958. The van der Waals surface area contributed by atoms with Crippen molar-refractivity contribution in [2.45, 2.75) is 6.61 Å². The van der Waals surface area contributed by atoms with Crippen LogP contribution in [0.1, 0.15) is 5.82 Å². The molecule has 0 spiro atoms. The molecular weight excluding hydrogens is 295 g/mol. The third kappa shape index (κ3) is 2.39. The van der Waals surface area contributed by atoms with Crippen molar-refractivity contribution >= 4 is 11.0 Å². The van der Waals surface area contributed by atoms with Crippen molar-refractivity contribution in [2.24, 2.45) is 0 Å². The van der Waals surface area contributed by atoms with Gasteiger partial charge in [-0.2, -0.15) is 0 Å². The number of aromatic nitrogens is 4. The van der Waals surface area contributed by atoms with Gasteiger partial charge < -0.3 is 14.7 Å². The molecule has 0 aliphatic rings. The van der Waals surface area contributed by atoms with Crippen LogP contribution in [0.4, 0.5) is 4.39 Å². The zero-order valence-corrected chi connectivity index (χ0v) is 12.1. The largest absolute Gasteiger partial charge is 0.388 e. The van der Waals surface area contributed by atoms with E-state index in [1.165, 1.54) is 12.1 Å². The van der Waals surface area contributed by atoms with Crippen molar-refractivity contribution in [1.29, 1.82) is 0 Å². The Morgan fingerprint density at radius 2 is 2.00 bits per heavy atom. The summed E-state index contributed by atoms with van der Waals surface area (Å²) in [6.07, 6.45) is 5.24. The maximum Gasteiger partial charge on any atom is 0.133 e. The van der Waals surface area contributed by atoms with Crippen molar-refractivity contribution in [2.75, 3.05) is 0 Å². The first-order chi connectivity index (χ1) is 11.2. The van der Waals surface area contributed by atoms with Crippen molar-refractivity contribution < 1.29 is 9.50 Å². The van der Waals surface area contributed by atoms with Crippen LogP contribution in [0.5, 0.6) is 0 Å². The van der Waals surface area contributed by atoms with Gasteiger partial charge >= 0.3 is 0 Å². The number of aromatic amines is 1. The van der Waals surface area contributed by atoms with Crippen LogP contribution in [0.25, 0.3) is 27.8 Å². The van der Waals surface area contributed by atoms with Crippen molar-refractivity contribution in [3.05, 3.63) is 66.8 Å². The van der Waals surface area contributed by atoms with Gasteiger partial charge in [-0.25, -0.2) is 14.4 Å².